The van der Waals surface area contributed by atoms with E-state index in [1.54, 1.807) is 6.07 Å². The number of benzene rings is 1. The average Bonchev–Trinajstić information content (AvgIpc) is 2.18. The van der Waals surface area contributed by atoms with Crippen LogP contribution < -0.4 is 0 Å². The molecular formula is C10H7BrFNO2. The number of carboxylic acid groups (broad SMARTS) is 1. The maximum atomic E-state index is 13.2. The molecule has 0 aromatic heterocycles. The number of aliphatic carboxylic acids is 1. The predicted molar refractivity (Wildman–Crippen MR) is 54.5 cm³/mol. The Balaban J connectivity index is 2.93. The molecule has 0 radical (unpaired) electrons. The molecule has 0 saturated heterocycles. The predicted octanol–water partition coefficient (Wildman–Crippen LogP) is 2.36. The zero-order valence-corrected chi connectivity index (χ0v) is 9.16. The van der Waals surface area contributed by atoms with Gasteiger partial charge in [0, 0.05) is 10.9 Å². The number of hydrogen-bond acceptors (Lipinski definition) is 2. The highest BCUT2D eigenvalue weighted by atomic mass is 79.9. The van der Waals surface area contributed by atoms with Gasteiger partial charge in [-0.1, -0.05) is 15.9 Å². The summed E-state index contributed by atoms with van der Waals surface area (Å²) in [6.07, 6.45) is -0.128. The Morgan fingerprint density at radius 3 is 2.87 bits per heavy atom. The smallest absolute Gasteiger partial charge is 0.321 e. The van der Waals surface area contributed by atoms with Crippen LogP contribution in [0.4, 0.5) is 4.39 Å². The summed E-state index contributed by atoms with van der Waals surface area (Å²) in [7, 11) is 0. The van der Waals surface area contributed by atoms with E-state index >= 15 is 0 Å². The number of halogens is 2. The second kappa shape index (κ2) is 4.89. The number of carboxylic acids is 1. The van der Waals surface area contributed by atoms with Crippen LogP contribution in [0.25, 0.3) is 0 Å². The van der Waals surface area contributed by atoms with E-state index in [1.807, 2.05) is 0 Å². The van der Waals surface area contributed by atoms with Crippen molar-refractivity contribution in [2.24, 2.45) is 5.92 Å². The van der Waals surface area contributed by atoms with E-state index in [0.717, 1.165) is 0 Å². The van der Waals surface area contributed by atoms with E-state index < -0.39 is 17.7 Å². The molecule has 0 aliphatic rings. The van der Waals surface area contributed by atoms with Gasteiger partial charge in [0.2, 0.25) is 0 Å². The second-order valence-corrected chi connectivity index (χ2v) is 3.88. The average molecular weight is 272 g/mol. The van der Waals surface area contributed by atoms with Crippen LogP contribution in [0.15, 0.2) is 22.7 Å². The minimum absolute atomic E-state index is 0.128. The van der Waals surface area contributed by atoms with E-state index in [1.165, 1.54) is 18.2 Å². The van der Waals surface area contributed by atoms with Gasteiger partial charge in [-0.05, 0) is 23.8 Å². The van der Waals surface area contributed by atoms with Crippen molar-refractivity contribution in [1.29, 1.82) is 5.26 Å². The molecule has 1 aromatic carbocycles. The van der Waals surface area contributed by atoms with Crippen LogP contribution in [0.3, 0.4) is 0 Å². The van der Waals surface area contributed by atoms with Crippen LogP contribution in [0.2, 0.25) is 0 Å². The Kier molecular flexibility index (Phi) is 3.81. The number of hydrogen-bond donors (Lipinski definition) is 1. The molecule has 0 saturated carbocycles. The molecule has 0 bridgehead atoms. The minimum atomic E-state index is -1.24. The lowest BCUT2D eigenvalue weighted by molar-refractivity contribution is -0.139. The first-order valence-electron chi connectivity index (χ1n) is 4.11. The summed E-state index contributed by atoms with van der Waals surface area (Å²) >= 11 is 3.15. The van der Waals surface area contributed by atoms with Gasteiger partial charge in [-0.2, -0.15) is 5.26 Å². The zero-order chi connectivity index (χ0) is 11.4. The lowest BCUT2D eigenvalue weighted by Crippen LogP contribution is -2.14. The Morgan fingerprint density at radius 2 is 2.33 bits per heavy atom. The van der Waals surface area contributed by atoms with Gasteiger partial charge in [-0.25, -0.2) is 4.39 Å². The molecule has 3 nitrogen and oxygen atoms in total. The van der Waals surface area contributed by atoms with Gasteiger partial charge in [0.15, 0.2) is 0 Å². The van der Waals surface area contributed by atoms with Gasteiger partial charge in [-0.3, -0.25) is 4.79 Å². The summed E-state index contributed by atoms with van der Waals surface area (Å²) in [5, 5.41) is 17.2. The first-order valence-corrected chi connectivity index (χ1v) is 4.90. The van der Waals surface area contributed by atoms with Crippen molar-refractivity contribution in [3.05, 3.63) is 34.1 Å². The normalized spacial score (nSPS) is 11.8. The summed E-state index contributed by atoms with van der Waals surface area (Å²) in [5.41, 5.74) is 0.221. The Bertz CT molecular complexity index is 428. The summed E-state index contributed by atoms with van der Waals surface area (Å²) in [6.45, 7) is 0. The number of nitriles is 1. The van der Waals surface area contributed by atoms with Crippen LogP contribution >= 0.6 is 15.9 Å². The minimum Gasteiger partial charge on any atom is -0.480 e. The number of carbonyl (C=O) groups is 1. The Morgan fingerprint density at radius 1 is 1.67 bits per heavy atom. The zero-order valence-electron chi connectivity index (χ0n) is 7.58. The van der Waals surface area contributed by atoms with Crippen molar-refractivity contribution < 1.29 is 14.3 Å². The van der Waals surface area contributed by atoms with E-state index in [2.05, 4.69) is 15.9 Å². The molecule has 5 heteroatoms. The largest absolute Gasteiger partial charge is 0.480 e. The third kappa shape index (κ3) is 3.03. The van der Waals surface area contributed by atoms with Crippen LogP contribution in [0.5, 0.6) is 0 Å². The van der Waals surface area contributed by atoms with Gasteiger partial charge in [0.05, 0.1) is 6.07 Å². The van der Waals surface area contributed by atoms with E-state index in [4.69, 9.17) is 10.4 Å². The molecule has 78 valence electrons. The molecule has 1 atom stereocenters. The number of nitrogens with zero attached hydrogens (tertiary/aromatic N) is 1. The van der Waals surface area contributed by atoms with E-state index in [0.29, 0.717) is 4.47 Å². The molecule has 1 rings (SSSR count). The lowest BCUT2D eigenvalue weighted by atomic mass is 10.0. The summed E-state index contributed by atoms with van der Waals surface area (Å²) < 4.78 is 13.9. The summed E-state index contributed by atoms with van der Waals surface area (Å²) in [5.74, 6) is -2.95. The summed E-state index contributed by atoms with van der Waals surface area (Å²) in [6, 6.07) is 5.84. The molecule has 0 unspecified atom stereocenters. The van der Waals surface area contributed by atoms with Crippen LogP contribution in [-0.4, -0.2) is 11.1 Å². The first-order chi connectivity index (χ1) is 7.04. The van der Waals surface area contributed by atoms with Gasteiger partial charge in [0.1, 0.15) is 11.7 Å². The van der Waals surface area contributed by atoms with Crippen molar-refractivity contribution in [2.45, 2.75) is 6.42 Å². The van der Waals surface area contributed by atoms with Gasteiger partial charge < -0.3 is 5.11 Å². The molecule has 0 fully saturated rings. The Hall–Kier alpha value is -1.41. The molecular weight excluding hydrogens is 265 g/mol. The monoisotopic (exact) mass is 271 g/mol. The Labute approximate surface area is 94.3 Å². The highest BCUT2D eigenvalue weighted by Crippen LogP contribution is 2.18. The van der Waals surface area contributed by atoms with E-state index in [9.17, 15) is 9.18 Å². The molecule has 0 heterocycles. The maximum absolute atomic E-state index is 13.2. The first kappa shape index (κ1) is 11.7. The molecule has 0 amide bonds. The molecule has 1 N–H and O–H groups in total. The molecule has 0 spiro atoms. The number of rotatable bonds is 3. The van der Waals surface area contributed by atoms with Crippen LogP contribution in [-0.2, 0) is 11.2 Å². The lowest BCUT2D eigenvalue weighted by Gasteiger charge is -2.05. The van der Waals surface area contributed by atoms with Gasteiger partial charge >= 0.3 is 5.97 Å². The fourth-order valence-electron chi connectivity index (χ4n) is 1.11. The van der Waals surface area contributed by atoms with Crippen molar-refractivity contribution in [1.82, 2.24) is 0 Å². The fourth-order valence-corrected chi connectivity index (χ4v) is 1.52. The van der Waals surface area contributed by atoms with Crippen LogP contribution in [0, 0.1) is 23.1 Å². The molecule has 1 aromatic rings. The molecule has 0 aliphatic carbocycles. The van der Waals surface area contributed by atoms with Crippen molar-refractivity contribution >= 4 is 21.9 Å². The van der Waals surface area contributed by atoms with Crippen molar-refractivity contribution in [3.8, 4) is 6.07 Å². The van der Waals surface area contributed by atoms with E-state index in [-0.39, 0.29) is 12.0 Å². The second-order valence-electron chi connectivity index (χ2n) is 2.96. The fraction of sp³-hybridized carbons (Fsp3) is 0.200. The highest BCUT2D eigenvalue weighted by molar-refractivity contribution is 9.10. The van der Waals surface area contributed by atoms with Crippen molar-refractivity contribution in [3.63, 3.8) is 0 Å². The van der Waals surface area contributed by atoms with Gasteiger partial charge in [0.25, 0.3) is 0 Å². The summed E-state index contributed by atoms with van der Waals surface area (Å²) in [4.78, 5) is 10.6. The highest BCUT2D eigenvalue weighted by Gasteiger charge is 2.18. The van der Waals surface area contributed by atoms with Crippen molar-refractivity contribution in [2.75, 3.05) is 0 Å². The standard InChI is InChI=1S/C10H7BrFNO2/c11-8-1-2-9(12)6(4-8)3-7(5-13)10(14)15/h1-2,4,7H,3H2,(H,14,15)/t7-/m1/s1. The maximum Gasteiger partial charge on any atom is 0.321 e. The third-order valence-electron chi connectivity index (χ3n) is 1.89. The quantitative estimate of drug-likeness (QED) is 0.918. The third-order valence-corrected chi connectivity index (χ3v) is 2.38. The molecule has 15 heavy (non-hydrogen) atoms. The van der Waals surface area contributed by atoms with Crippen LogP contribution in [0.1, 0.15) is 5.56 Å². The van der Waals surface area contributed by atoms with Gasteiger partial charge in [-0.15, -0.1) is 0 Å². The SMILES string of the molecule is N#C[C@@H](Cc1cc(Br)ccc1F)C(=O)O. The topological polar surface area (TPSA) is 61.1 Å². The molecule has 0 aliphatic heterocycles.